The fraction of sp³-hybridized carbons (Fsp3) is 0.467. The molecule has 0 aliphatic carbocycles. The topological polar surface area (TPSA) is 75.6 Å². The van der Waals surface area contributed by atoms with E-state index in [2.05, 4.69) is 5.32 Å². The molecule has 2 N–H and O–H groups in total. The molecule has 0 bridgehead atoms. The second kappa shape index (κ2) is 6.99. The lowest BCUT2D eigenvalue weighted by molar-refractivity contribution is -0.144. The van der Waals surface area contributed by atoms with E-state index in [0.29, 0.717) is 19.4 Å². The summed E-state index contributed by atoms with van der Waals surface area (Å²) in [6.07, 6.45) is -4.62. The molecule has 0 spiro atoms. The Labute approximate surface area is 130 Å². The van der Waals surface area contributed by atoms with Crippen molar-refractivity contribution in [2.75, 3.05) is 6.61 Å². The quantitative estimate of drug-likeness (QED) is 0.865. The first-order valence-corrected chi connectivity index (χ1v) is 7.09. The third-order valence-electron chi connectivity index (χ3n) is 3.58. The molecule has 1 aromatic rings. The van der Waals surface area contributed by atoms with Crippen LogP contribution in [0.1, 0.15) is 24.0 Å². The Morgan fingerprint density at radius 3 is 2.61 bits per heavy atom. The molecule has 1 aliphatic heterocycles. The van der Waals surface area contributed by atoms with Crippen LogP contribution in [0.3, 0.4) is 0 Å². The second-order valence-electron chi connectivity index (χ2n) is 5.26. The summed E-state index contributed by atoms with van der Waals surface area (Å²) < 4.78 is 44.0. The maximum atomic E-state index is 13.0. The van der Waals surface area contributed by atoms with Gasteiger partial charge in [0.05, 0.1) is 5.56 Å². The Balaban J connectivity index is 2.14. The fourth-order valence-electron chi connectivity index (χ4n) is 2.44. The van der Waals surface area contributed by atoms with Crippen molar-refractivity contribution in [3.05, 3.63) is 35.4 Å². The van der Waals surface area contributed by atoms with Gasteiger partial charge in [-0.05, 0) is 24.5 Å². The van der Waals surface area contributed by atoms with Crippen LogP contribution in [0, 0.1) is 0 Å². The second-order valence-corrected chi connectivity index (χ2v) is 5.26. The molecule has 1 amide bonds. The molecule has 0 saturated carbocycles. The zero-order valence-electron chi connectivity index (χ0n) is 12.1. The SMILES string of the molecule is O=C(O)[C@H](Cc1ccccc1C(F)(F)F)NC(=O)[C@H]1CCCO1. The van der Waals surface area contributed by atoms with E-state index in [1.165, 1.54) is 18.2 Å². The van der Waals surface area contributed by atoms with Crippen molar-refractivity contribution >= 4 is 11.9 Å². The van der Waals surface area contributed by atoms with Crippen LogP contribution in [0.25, 0.3) is 0 Å². The van der Waals surface area contributed by atoms with E-state index in [0.717, 1.165) is 6.07 Å². The minimum Gasteiger partial charge on any atom is -0.480 e. The number of carbonyl (C=O) groups excluding carboxylic acids is 1. The van der Waals surface area contributed by atoms with E-state index >= 15 is 0 Å². The number of aliphatic carboxylic acids is 1. The molecular formula is C15H16F3NO4. The number of halogens is 3. The molecule has 126 valence electrons. The third-order valence-corrected chi connectivity index (χ3v) is 3.58. The van der Waals surface area contributed by atoms with Crippen molar-refractivity contribution in [2.45, 2.75) is 37.6 Å². The predicted octanol–water partition coefficient (Wildman–Crippen LogP) is 2.00. The molecule has 8 heteroatoms. The molecule has 0 radical (unpaired) electrons. The standard InChI is InChI=1S/C15H16F3NO4/c16-15(17,18)10-5-2-1-4-9(10)8-11(14(21)22)19-13(20)12-6-3-7-23-12/h1-2,4-5,11-12H,3,6-8H2,(H,19,20)(H,21,22)/t11-,12+/m0/s1. The van der Waals surface area contributed by atoms with Gasteiger partial charge in [-0.15, -0.1) is 0 Å². The summed E-state index contributed by atoms with van der Waals surface area (Å²) >= 11 is 0. The fourth-order valence-corrected chi connectivity index (χ4v) is 2.44. The van der Waals surface area contributed by atoms with Crippen LogP contribution in [-0.4, -0.2) is 35.7 Å². The van der Waals surface area contributed by atoms with Gasteiger partial charge in [0.25, 0.3) is 0 Å². The minimum atomic E-state index is -4.59. The van der Waals surface area contributed by atoms with Crippen molar-refractivity contribution < 1.29 is 32.6 Å². The van der Waals surface area contributed by atoms with E-state index in [-0.39, 0.29) is 5.56 Å². The number of ether oxygens (including phenoxy) is 1. The summed E-state index contributed by atoms with van der Waals surface area (Å²) in [5.41, 5.74) is -1.09. The highest BCUT2D eigenvalue weighted by molar-refractivity contribution is 5.86. The van der Waals surface area contributed by atoms with Crippen molar-refractivity contribution in [1.82, 2.24) is 5.32 Å². The minimum absolute atomic E-state index is 0.181. The average Bonchev–Trinajstić information content (AvgIpc) is 3.00. The van der Waals surface area contributed by atoms with Crippen LogP contribution in [-0.2, 0) is 26.9 Å². The number of carboxylic acids is 1. The number of hydrogen-bond donors (Lipinski definition) is 2. The lowest BCUT2D eigenvalue weighted by atomic mass is 9.99. The van der Waals surface area contributed by atoms with Gasteiger partial charge in [-0.2, -0.15) is 13.2 Å². The first-order chi connectivity index (χ1) is 10.8. The smallest absolute Gasteiger partial charge is 0.416 e. The van der Waals surface area contributed by atoms with E-state index in [1.54, 1.807) is 0 Å². The van der Waals surface area contributed by atoms with Crippen LogP contribution < -0.4 is 5.32 Å². The first kappa shape index (κ1) is 17.3. The zero-order valence-corrected chi connectivity index (χ0v) is 12.1. The van der Waals surface area contributed by atoms with Crippen LogP contribution in [0.4, 0.5) is 13.2 Å². The van der Waals surface area contributed by atoms with Gasteiger partial charge in [-0.1, -0.05) is 18.2 Å². The highest BCUT2D eigenvalue weighted by Gasteiger charge is 2.35. The molecule has 5 nitrogen and oxygen atoms in total. The number of benzene rings is 1. The maximum absolute atomic E-state index is 13.0. The average molecular weight is 331 g/mol. The van der Waals surface area contributed by atoms with Gasteiger partial charge < -0.3 is 15.2 Å². The molecule has 23 heavy (non-hydrogen) atoms. The van der Waals surface area contributed by atoms with Crippen LogP contribution >= 0.6 is 0 Å². The number of nitrogens with one attached hydrogen (secondary N) is 1. The number of carboxylic acid groups (broad SMARTS) is 1. The number of hydrogen-bond acceptors (Lipinski definition) is 3. The number of carbonyl (C=O) groups is 2. The summed E-state index contributed by atoms with van der Waals surface area (Å²) in [5.74, 6) is -2.01. The summed E-state index contributed by atoms with van der Waals surface area (Å²) in [6, 6.07) is 3.26. The first-order valence-electron chi connectivity index (χ1n) is 7.09. The summed E-state index contributed by atoms with van der Waals surface area (Å²) in [4.78, 5) is 23.2. The molecule has 1 aromatic carbocycles. The lowest BCUT2D eigenvalue weighted by Crippen LogP contribution is -2.46. The van der Waals surface area contributed by atoms with Crippen LogP contribution in [0.5, 0.6) is 0 Å². The van der Waals surface area contributed by atoms with Crippen molar-refractivity contribution in [2.24, 2.45) is 0 Å². The van der Waals surface area contributed by atoms with Crippen molar-refractivity contribution in [3.8, 4) is 0 Å². The third kappa shape index (κ3) is 4.44. The molecule has 1 aliphatic rings. The van der Waals surface area contributed by atoms with Gasteiger partial charge in [-0.25, -0.2) is 4.79 Å². The molecule has 2 rings (SSSR count). The van der Waals surface area contributed by atoms with Crippen LogP contribution in [0.15, 0.2) is 24.3 Å². The van der Waals surface area contributed by atoms with E-state index in [4.69, 9.17) is 4.74 Å². The largest absolute Gasteiger partial charge is 0.480 e. The zero-order chi connectivity index (χ0) is 17.0. The Morgan fingerprint density at radius 1 is 1.35 bits per heavy atom. The molecule has 1 heterocycles. The Kier molecular flexibility index (Phi) is 5.25. The predicted molar refractivity (Wildman–Crippen MR) is 73.7 cm³/mol. The molecular weight excluding hydrogens is 315 g/mol. The van der Waals surface area contributed by atoms with Gasteiger partial charge in [0, 0.05) is 13.0 Å². The Morgan fingerprint density at radius 2 is 2.04 bits per heavy atom. The monoisotopic (exact) mass is 331 g/mol. The highest BCUT2D eigenvalue weighted by atomic mass is 19.4. The molecule has 1 fully saturated rings. The highest BCUT2D eigenvalue weighted by Crippen LogP contribution is 2.32. The number of rotatable bonds is 5. The summed E-state index contributed by atoms with van der Waals surface area (Å²) in [7, 11) is 0. The van der Waals surface area contributed by atoms with E-state index in [9.17, 15) is 27.9 Å². The number of amides is 1. The van der Waals surface area contributed by atoms with Gasteiger partial charge in [0.15, 0.2) is 0 Å². The Hall–Kier alpha value is -2.09. The number of alkyl halides is 3. The van der Waals surface area contributed by atoms with Crippen LogP contribution in [0.2, 0.25) is 0 Å². The lowest BCUT2D eigenvalue weighted by Gasteiger charge is -2.19. The molecule has 2 atom stereocenters. The normalized spacial score (nSPS) is 19.3. The summed E-state index contributed by atoms with van der Waals surface area (Å²) in [6.45, 7) is 0.409. The maximum Gasteiger partial charge on any atom is 0.416 e. The van der Waals surface area contributed by atoms with Crippen molar-refractivity contribution in [3.63, 3.8) is 0 Å². The molecule has 0 aromatic heterocycles. The van der Waals surface area contributed by atoms with Crippen molar-refractivity contribution in [1.29, 1.82) is 0 Å². The van der Waals surface area contributed by atoms with E-state index < -0.39 is 42.2 Å². The van der Waals surface area contributed by atoms with Gasteiger partial charge >= 0.3 is 12.1 Å². The van der Waals surface area contributed by atoms with Gasteiger partial charge in [-0.3, -0.25) is 4.79 Å². The molecule has 1 saturated heterocycles. The Bertz CT molecular complexity index is 582. The summed E-state index contributed by atoms with van der Waals surface area (Å²) in [5, 5.41) is 11.4. The molecule has 0 unspecified atom stereocenters. The van der Waals surface area contributed by atoms with Gasteiger partial charge in [0.2, 0.25) is 5.91 Å². The van der Waals surface area contributed by atoms with Gasteiger partial charge in [0.1, 0.15) is 12.1 Å². The van der Waals surface area contributed by atoms with E-state index in [1.807, 2.05) is 0 Å².